The van der Waals surface area contributed by atoms with Gasteiger partial charge in [0.15, 0.2) is 11.6 Å². The summed E-state index contributed by atoms with van der Waals surface area (Å²) in [4.78, 5) is 0. The summed E-state index contributed by atoms with van der Waals surface area (Å²) >= 11 is 0. The van der Waals surface area contributed by atoms with Crippen LogP contribution < -0.4 is 4.74 Å². The average molecular weight is 603 g/mol. The standard InChI is InChI=1S/C40H49F3O/c1-3-5-6-7-8-9-26-44-38-25-24-36(39(42)40(38)43)33-20-18-32(19-21-33)35-23-22-34(27-37(35)41)31-16-14-30(15-17-31)29-12-10-28(4-2)11-13-29/h4,18-25,27-31H,2-3,5-17,26H2,1H3. The quantitative estimate of drug-likeness (QED) is 0.140. The lowest BCUT2D eigenvalue weighted by molar-refractivity contribution is 0.171. The van der Waals surface area contributed by atoms with Crippen molar-refractivity contribution in [1.29, 1.82) is 0 Å². The van der Waals surface area contributed by atoms with Gasteiger partial charge in [-0.15, -0.1) is 6.58 Å². The highest BCUT2D eigenvalue weighted by atomic mass is 19.2. The minimum atomic E-state index is -0.965. The predicted molar refractivity (Wildman–Crippen MR) is 176 cm³/mol. The van der Waals surface area contributed by atoms with Crippen LogP contribution in [0.4, 0.5) is 13.2 Å². The number of halogens is 3. The fourth-order valence-corrected chi connectivity index (χ4v) is 7.56. The van der Waals surface area contributed by atoms with Gasteiger partial charge < -0.3 is 4.74 Å². The first-order valence-electron chi connectivity index (χ1n) is 17.1. The third kappa shape index (κ3) is 7.98. The van der Waals surface area contributed by atoms with E-state index in [2.05, 4.69) is 25.6 Å². The van der Waals surface area contributed by atoms with Gasteiger partial charge in [-0.1, -0.05) is 81.5 Å². The number of rotatable bonds is 13. The molecule has 0 radical (unpaired) electrons. The molecule has 0 unspecified atom stereocenters. The SMILES string of the molecule is C=CC1CCC(C2CCC(c3ccc(-c4ccc(-c5ccc(OCCCCCCCC)c(F)c5F)cc4)c(F)c3)CC2)CC1. The lowest BCUT2D eigenvalue weighted by Crippen LogP contribution is -2.25. The molecule has 4 heteroatoms. The van der Waals surface area contributed by atoms with Gasteiger partial charge in [-0.2, -0.15) is 4.39 Å². The van der Waals surface area contributed by atoms with Crippen molar-refractivity contribution in [1.82, 2.24) is 0 Å². The summed E-state index contributed by atoms with van der Waals surface area (Å²) in [5.41, 5.74) is 3.04. The second kappa shape index (κ2) is 15.8. The first-order chi connectivity index (χ1) is 21.5. The molecule has 0 aromatic heterocycles. The van der Waals surface area contributed by atoms with Crippen molar-refractivity contribution in [2.45, 2.75) is 103 Å². The fourth-order valence-electron chi connectivity index (χ4n) is 7.56. The molecule has 0 aliphatic heterocycles. The van der Waals surface area contributed by atoms with Crippen molar-refractivity contribution in [2.75, 3.05) is 6.61 Å². The van der Waals surface area contributed by atoms with Crippen LogP contribution in [0.3, 0.4) is 0 Å². The van der Waals surface area contributed by atoms with Gasteiger partial charge in [0.2, 0.25) is 5.82 Å². The van der Waals surface area contributed by atoms with Crippen molar-refractivity contribution in [3.8, 4) is 28.0 Å². The molecule has 0 bridgehead atoms. The number of hydrogen-bond acceptors (Lipinski definition) is 1. The minimum Gasteiger partial charge on any atom is -0.490 e. The Hall–Kier alpha value is -3.01. The zero-order chi connectivity index (χ0) is 30.9. The smallest absolute Gasteiger partial charge is 0.201 e. The highest BCUT2D eigenvalue weighted by molar-refractivity contribution is 5.71. The Balaban J connectivity index is 1.16. The molecular formula is C40H49F3O. The topological polar surface area (TPSA) is 9.23 Å². The molecule has 0 heterocycles. The van der Waals surface area contributed by atoms with E-state index in [1.807, 2.05) is 6.07 Å². The van der Waals surface area contributed by atoms with Crippen LogP contribution >= 0.6 is 0 Å². The number of unbranched alkanes of at least 4 members (excludes halogenated alkanes) is 5. The normalized spacial score (nSPS) is 22.1. The van der Waals surface area contributed by atoms with E-state index in [9.17, 15) is 4.39 Å². The van der Waals surface area contributed by atoms with E-state index >= 15 is 8.78 Å². The number of hydrogen-bond donors (Lipinski definition) is 0. The van der Waals surface area contributed by atoms with Gasteiger partial charge in [0.25, 0.3) is 0 Å². The first-order valence-corrected chi connectivity index (χ1v) is 17.1. The molecule has 1 nitrogen and oxygen atoms in total. The van der Waals surface area contributed by atoms with E-state index < -0.39 is 11.6 Å². The van der Waals surface area contributed by atoms with Crippen molar-refractivity contribution < 1.29 is 17.9 Å². The molecular weight excluding hydrogens is 553 g/mol. The van der Waals surface area contributed by atoms with Crippen LogP contribution in [0.15, 0.2) is 67.3 Å². The van der Waals surface area contributed by atoms with E-state index in [0.29, 0.717) is 29.6 Å². The van der Waals surface area contributed by atoms with Crippen LogP contribution in [0.2, 0.25) is 0 Å². The van der Waals surface area contributed by atoms with Gasteiger partial charge >= 0.3 is 0 Å². The Morgan fingerprint density at radius 1 is 0.682 bits per heavy atom. The molecule has 0 saturated heterocycles. The Labute approximate surface area is 262 Å². The Morgan fingerprint density at radius 3 is 1.91 bits per heavy atom. The molecule has 0 N–H and O–H groups in total. The van der Waals surface area contributed by atoms with Crippen molar-refractivity contribution >= 4 is 0 Å². The molecule has 0 spiro atoms. The van der Waals surface area contributed by atoms with Gasteiger partial charge in [-0.3, -0.25) is 0 Å². The van der Waals surface area contributed by atoms with Crippen molar-refractivity contribution in [3.05, 3.63) is 90.3 Å². The Kier molecular flexibility index (Phi) is 11.6. The van der Waals surface area contributed by atoms with Crippen molar-refractivity contribution in [2.24, 2.45) is 17.8 Å². The van der Waals surface area contributed by atoms with Crippen LogP contribution in [0.1, 0.15) is 108 Å². The molecule has 2 aliphatic carbocycles. The summed E-state index contributed by atoms with van der Waals surface area (Å²) in [6, 6.07) is 15.7. The third-order valence-corrected chi connectivity index (χ3v) is 10.4. The summed E-state index contributed by atoms with van der Waals surface area (Å²) < 4.78 is 50.7. The molecule has 2 fully saturated rings. The maximum Gasteiger partial charge on any atom is 0.201 e. The van der Waals surface area contributed by atoms with E-state index in [1.165, 1.54) is 63.9 Å². The molecule has 0 amide bonds. The lowest BCUT2D eigenvalue weighted by atomic mass is 9.68. The second-order valence-corrected chi connectivity index (χ2v) is 13.2. The zero-order valence-corrected chi connectivity index (χ0v) is 26.4. The van der Waals surface area contributed by atoms with Crippen LogP contribution in [-0.2, 0) is 0 Å². The average Bonchev–Trinajstić information content (AvgIpc) is 3.06. The molecule has 3 aromatic rings. The fraction of sp³-hybridized carbons (Fsp3) is 0.500. The zero-order valence-electron chi connectivity index (χ0n) is 26.4. The predicted octanol–water partition coefficient (Wildman–Crippen LogP) is 12.4. The first kappa shape index (κ1) is 32.4. The summed E-state index contributed by atoms with van der Waals surface area (Å²) in [6.07, 6.45) is 18.7. The Morgan fingerprint density at radius 2 is 1.27 bits per heavy atom. The molecule has 0 atom stereocenters. The van der Waals surface area contributed by atoms with E-state index in [1.54, 1.807) is 36.4 Å². The van der Waals surface area contributed by atoms with Gasteiger partial charge in [-0.25, -0.2) is 8.78 Å². The van der Waals surface area contributed by atoms with Gasteiger partial charge in [0, 0.05) is 11.1 Å². The van der Waals surface area contributed by atoms with E-state index in [4.69, 9.17) is 4.74 Å². The summed E-state index contributed by atoms with van der Waals surface area (Å²) in [5, 5.41) is 0. The highest BCUT2D eigenvalue weighted by Crippen LogP contribution is 2.44. The molecule has 2 saturated carbocycles. The van der Waals surface area contributed by atoms with Gasteiger partial charge in [-0.05, 0) is 116 Å². The van der Waals surface area contributed by atoms with Crippen molar-refractivity contribution in [3.63, 3.8) is 0 Å². The monoisotopic (exact) mass is 602 g/mol. The Bertz CT molecular complexity index is 1350. The molecule has 5 rings (SSSR count). The van der Waals surface area contributed by atoms with Crippen LogP contribution in [0.5, 0.6) is 5.75 Å². The largest absolute Gasteiger partial charge is 0.490 e. The van der Waals surface area contributed by atoms with Crippen LogP contribution in [0.25, 0.3) is 22.3 Å². The number of ether oxygens (including phenoxy) is 1. The summed E-state index contributed by atoms with van der Waals surface area (Å²) in [6.45, 7) is 6.53. The van der Waals surface area contributed by atoms with Gasteiger partial charge in [0.05, 0.1) is 6.61 Å². The highest BCUT2D eigenvalue weighted by Gasteiger charge is 2.31. The van der Waals surface area contributed by atoms with E-state index in [-0.39, 0.29) is 17.1 Å². The molecule has 236 valence electrons. The molecule has 3 aromatic carbocycles. The lowest BCUT2D eigenvalue weighted by Gasteiger charge is -2.37. The maximum atomic E-state index is 15.4. The van der Waals surface area contributed by atoms with E-state index in [0.717, 1.165) is 55.1 Å². The summed E-state index contributed by atoms with van der Waals surface area (Å²) in [5.74, 6) is 0.605. The number of benzene rings is 3. The minimum absolute atomic E-state index is 0.0530. The van der Waals surface area contributed by atoms with Crippen LogP contribution in [0, 0.1) is 35.2 Å². The molecule has 2 aliphatic rings. The molecule has 44 heavy (non-hydrogen) atoms. The summed E-state index contributed by atoms with van der Waals surface area (Å²) in [7, 11) is 0. The maximum absolute atomic E-state index is 15.4. The van der Waals surface area contributed by atoms with Gasteiger partial charge in [0.1, 0.15) is 5.82 Å². The van der Waals surface area contributed by atoms with Crippen LogP contribution in [-0.4, -0.2) is 6.61 Å². The third-order valence-electron chi connectivity index (χ3n) is 10.4. The second-order valence-electron chi connectivity index (χ2n) is 13.2. The number of allylic oxidation sites excluding steroid dienone is 1.